The fourth-order valence-corrected chi connectivity index (χ4v) is 3.23. The first-order chi connectivity index (χ1) is 12.4. The highest BCUT2D eigenvalue weighted by molar-refractivity contribution is 5.82. The Hall–Kier alpha value is -1.34. The average molecular weight is 370 g/mol. The van der Waals surface area contributed by atoms with E-state index in [1.807, 2.05) is 20.8 Å². The molecule has 7 nitrogen and oxygen atoms in total. The normalized spacial score (nSPS) is 18.0. The molecule has 1 amide bonds. The molecular weight excluding hydrogens is 330 g/mol. The number of nitrogens with zero attached hydrogens (tertiary/aromatic N) is 2. The first kappa shape index (κ1) is 22.7. The number of ether oxygens (including phenoxy) is 1. The van der Waals surface area contributed by atoms with E-state index >= 15 is 0 Å². The fourth-order valence-electron chi connectivity index (χ4n) is 3.23. The number of nitrogens with two attached hydrogens (primary N) is 1. The Morgan fingerprint density at radius 1 is 1.19 bits per heavy atom. The largest absolute Gasteiger partial charge is 0.379 e. The van der Waals surface area contributed by atoms with E-state index in [1.165, 1.54) is 0 Å². The zero-order valence-electron chi connectivity index (χ0n) is 17.3. The minimum Gasteiger partial charge on any atom is -0.379 e. The SMILES string of the molecule is CCNC(=NCC(C)(C)C(N)=O)NCC(C(CC)CC)N1CCOCC1. The molecule has 0 saturated carbocycles. The summed E-state index contributed by atoms with van der Waals surface area (Å²) in [5.41, 5.74) is 4.81. The third-order valence-corrected chi connectivity index (χ3v) is 5.23. The van der Waals surface area contributed by atoms with Gasteiger partial charge in [0.25, 0.3) is 0 Å². The monoisotopic (exact) mass is 369 g/mol. The highest BCUT2D eigenvalue weighted by Gasteiger charge is 2.28. The van der Waals surface area contributed by atoms with Gasteiger partial charge >= 0.3 is 0 Å². The van der Waals surface area contributed by atoms with Gasteiger partial charge in [-0.1, -0.05) is 26.7 Å². The topological polar surface area (TPSA) is 92.0 Å². The quantitative estimate of drug-likeness (QED) is 0.397. The predicted molar refractivity (Wildman–Crippen MR) is 107 cm³/mol. The van der Waals surface area contributed by atoms with Crippen LogP contribution in [0.15, 0.2) is 4.99 Å². The van der Waals surface area contributed by atoms with Gasteiger partial charge in [-0.25, -0.2) is 0 Å². The summed E-state index contributed by atoms with van der Waals surface area (Å²) in [6, 6.07) is 0.446. The van der Waals surface area contributed by atoms with Crippen LogP contribution in [0.2, 0.25) is 0 Å². The Balaban J connectivity index is 2.78. The van der Waals surface area contributed by atoms with E-state index in [9.17, 15) is 4.79 Å². The lowest BCUT2D eigenvalue weighted by Gasteiger charge is -2.39. The summed E-state index contributed by atoms with van der Waals surface area (Å²) >= 11 is 0. The van der Waals surface area contributed by atoms with Gasteiger partial charge in [-0.15, -0.1) is 0 Å². The van der Waals surface area contributed by atoms with Crippen LogP contribution in [-0.2, 0) is 9.53 Å². The molecule has 1 saturated heterocycles. The lowest BCUT2D eigenvalue weighted by molar-refractivity contribution is -0.125. The van der Waals surface area contributed by atoms with Crippen LogP contribution in [0.5, 0.6) is 0 Å². The van der Waals surface area contributed by atoms with Crippen molar-refractivity contribution in [2.75, 3.05) is 45.9 Å². The van der Waals surface area contributed by atoms with Crippen LogP contribution in [-0.4, -0.2) is 68.7 Å². The van der Waals surface area contributed by atoms with E-state index in [-0.39, 0.29) is 5.91 Å². The maximum absolute atomic E-state index is 11.5. The minimum atomic E-state index is -0.651. The Kier molecular flexibility index (Phi) is 9.94. The standard InChI is InChI=1S/C19H39N5O2/c1-6-15(7-2)16(24-9-11-26-12-10-24)13-22-18(21-8-3)23-14-19(4,5)17(20)25/h15-16H,6-14H2,1-5H3,(H2,20,25)(H2,21,22,23). The molecule has 0 aromatic rings. The second-order valence-electron chi connectivity index (χ2n) is 7.62. The molecule has 1 fully saturated rings. The smallest absolute Gasteiger partial charge is 0.224 e. The number of hydrogen-bond donors (Lipinski definition) is 3. The Bertz CT molecular complexity index is 443. The van der Waals surface area contributed by atoms with Gasteiger partial charge in [-0.2, -0.15) is 0 Å². The molecule has 0 aromatic heterocycles. The summed E-state index contributed by atoms with van der Waals surface area (Å²) in [5.74, 6) is 1.04. The molecule has 1 aliphatic rings. The van der Waals surface area contributed by atoms with Crippen LogP contribution < -0.4 is 16.4 Å². The molecule has 0 aliphatic carbocycles. The van der Waals surface area contributed by atoms with Crippen molar-refractivity contribution < 1.29 is 9.53 Å². The highest BCUT2D eigenvalue weighted by atomic mass is 16.5. The van der Waals surface area contributed by atoms with Crippen molar-refractivity contribution in [1.29, 1.82) is 0 Å². The lowest BCUT2D eigenvalue weighted by atomic mass is 9.92. The van der Waals surface area contributed by atoms with Gasteiger partial charge in [0.2, 0.25) is 5.91 Å². The van der Waals surface area contributed by atoms with Crippen LogP contribution in [0, 0.1) is 11.3 Å². The summed E-state index contributed by atoms with van der Waals surface area (Å²) < 4.78 is 5.52. The number of nitrogens with one attached hydrogen (secondary N) is 2. The highest BCUT2D eigenvalue weighted by Crippen LogP contribution is 2.19. The average Bonchev–Trinajstić information content (AvgIpc) is 2.63. The van der Waals surface area contributed by atoms with E-state index in [0.29, 0.717) is 18.5 Å². The van der Waals surface area contributed by atoms with Crippen molar-refractivity contribution in [2.24, 2.45) is 22.1 Å². The zero-order chi connectivity index (χ0) is 19.6. The van der Waals surface area contributed by atoms with Crippen LogP contribution in [0.25, 0.3) is 0 Å². The van der Waals surface area contributed by atoms with Gasteiger partial charge in [-0.3, -0.25) is 14.7 Å². The maximum atomic E-state index is 11.5. The number of guanidine groups is 1. The van der Waals surface area contributed by atoms with Gasteiger partial charge in [-0.05, 0) is 26.7 Å². The van der Waals surface area contributed by atoms with E-state index in [0.717, 1.165) is 58.2 Å². The second kappa shape index (κ2) is 11.4. The van der Waals surface area contributed by atoms with Crippen molar-refractivity contribution >= 4 is 11.9 Å². The third kappa shape index (κ3) is 7.11. The molecule has 0 aromatic carbocycles. The number of carbonyl (C=O) groups is 1. The first-order valence-corrected chi connectivity index (χ1v) is 9.99. The molecule has 4 N–H and O–H groups in total. The van der Waals surface area contributed by atoms with Crippen molar-refractivity contribution in [3.05, 3.63) is 0 Å². The molecule has 0 spiro atoms. The van der Waals surface area contributed by atoms with Crippen LogP contribution >= 0.6 is 0 Å². The second-order valence-corrected chi connectivity index (χ2v) is 7.62. The summed E-state index contributed by atoms with van der Waals surface area (Å²) in [5, 5.41) is 6.75. The number of primary amides is 1. The van der Waals surface area contributed by atoms with Crippen molar-refractivity contribution in [2.45, 2.75) is 53.5 Å². The van der Waals surface area contributed by atoms with E-state index in [1.54, 1.807) is 0 Å². The van der Waals surface area contributed by atoms with E-state index < -0.39 is 5.41 Å². The maximum Gasteiger partial charge on any atom is 0.224 e. The van der Waals surface area contributed by atoms with Crippen molar-refractivity contribution in [3.63, 3.8) is 0 Å². The number of hydrogen-bond acceptors (Lipinski definition) is 4. The van der Waals surface area contributed by atoms with Gasteiger partial charge in [0, 0.05) is 32.2 Å². The molecular formula is C19H39N5O2. The summed E-state index contributed by atoms with van der Waals surface area (Å²) in [6.45, 7) is 15.7. The molecule has 1 heterocycles. The Morgan fingerprint density at radius 2 is 1.81 bits per heavy atom. The van der Waals surface area contributed by atoms with Gasteiger partial charge < -0.3 is 21.1 Å². The summed E-state index contributed by atoms with van der Waals surface area (Å²) in [7, 11) is 0. The van der Waals surface area contributed by atoms with Crippen LogP contribution in [0.4, 0.5) is 0 Å². The zero-order valence-corrected chi connectivity index (χ0v) is 17.3. The molecule has 1 unspecified atom stereocenters. The van der Waals surface area contributed by atoms with Gasteiger partial charge in [0.05, 0.1) is 25.2 Å². The van der Waals surface area contributed by atoms with E-state index in [2.05, 4.69) is 34.4 Å². The van der Waals surface area contributed by atoms with Gasteiger partial charge in [0.15, 0.2) is 5.96 Å². The number of rotatable bonds is 10. The van der Waals surface area contributed by atoms with Crippen LogP contribution in [0.3, 0.4) is 0 Å². The molecule has 152 valence electrons. The molecule has 7 heteroatoms. The minimum absolute atomic E-state index is 0.333. The summed E-state index contributed by atoms with van der Waals surface area (Å²) in [4.78, 5) is 18.6. The number of aliphatic imine (C=N–C) groups is 1. The third-order valence-electron chi connectivity index (χ3n) is 5.23. The fraction of sp³-hybridized carbons (Fsp3) is 0.895. The molecule has 1 aliphatic heterocycles. The molecule has 1 atom stereocenters. The van der Waals surface area contributed by atoms with Crippen molar-refractivity contribution in [3.8, 4) is 0 Å². The van der Waals surface area contributed by atoms with Gasteiger partial charge in [0.1, 0.15) is 0 Å². The molecule has 0 bridgehead atoms. The van der Waals surface area contributed by atoms with Crippen LogP contribution in [0.1, 0.15) is 47.5 Å². The first-order valence-electron chi connectivity index (χ1n) is 9.99. The summed E-state index contributed by atoms with van der Waals surface area (Å²) in [6.07, 6.45) is 2.31. The molecule has 1 rings (SSSR count). The number of amides is 1. The van der Waals surface area contributed by atoms with Crippen molar-refractivity contribution in [1.82, 2.24) is 15.5 Å². The number of carbonyl (C=O) groups excluding carboxylic acids is 1. The molecule has 0 radical (unpaired) electrons. The lowest BCUT2D eigenvalue weighted by Crippen LogP contribution is -2.53. The number of morpholine rings is 1. The predicted octanol–water partition coefficient (Wildman–Crippen LogP) is 1.19. The Morgan fingerprint density at radius 3 is 2.31 bits per heavy atom. The Labute approximate surface area is 159 Å². The van der Waals surface area contributed by atoms with E-state index in [4.69, 9.17) is 10.5 Å². The molecule has 26 heavy (non-hydrogen) atoms.